The van der Waals surface area contributed by atoms with E-state index in [2.05, 4.69) is 5.32 Å². The van der Waals surface area contributed by atoms with E-state index in [4.69, 9.17) is 9.84 Å². The van der Waals surface area contributed by atoms with Crippen LogP contribution in [0.1, 0.15) is 41.5 Å². The average molecular weight is 261 g/mol. The van der Waals surface area contributed by atoms with Crippen molar-refractivity contribution in [1.82, 2.24) is 5.32 Å². The Morgan fingerprint density at radius 2 is 1.56 bits per heavy atom. The van der Waals surface area contributed by atoms with Gasteiger partial charge in [-0.3, -0.25) is 0 Å². The van der Waals surface area contributed by atoms with E-state index in [1.165, 1.54) is 0 Å². The van der Waals surface area contributed by atoms with E-state index in [0.717, 1.165) is 0 Å². The molecule has 0 aromatic rings. The number of hydrogen-bond donors (Lipinski definition) is 3. The second kappa shape index (κ2) is 5.56. The molecule has 0 rings (SSSR count). The van der Waals surface area contributed by atoms with Gasteiger partial charge in [0.25, 0.3) is 0 Å². The van der Waals surface area contributed by atoms with Crippen molar-refractivity contribution >= 4 is 12.1 Å². The summed E-state index contributed by atoms with van der Waals surface area (Å²) in [6.45, 7) is 10.1. The lowest BCUT2D eigenvalue weighted by Crippen LogP contribution is -2.54. The number of nitrogens with one attached hydrogen (secondary N) is 1. The first-order chi connectivity index (χ1) is 7.84. The molecule has 0 spiro atoms. The van der Waals surface area contributed by atoms with Crippen LogP contribution in [0, 0.1) is 5.41 Å². The Morgan fingerprint density at radius 1 is 1.11 bits per heavy atom. The van der Waals surface area contributed by atoms with Gasteiger partial charge in [0.2, 0.25) is 0 Å². The van der Waals surface area contributed by atoms with Gasteiger partial charge < -0.3 is 20.3 Å². The molecule has 0 aliphatic rings. The second-order valence-electron chi connectivity index (χ2n) is 6.27. The number of carbonyl (C=O) groups excluding carboxylic acids is 1. The second-order valence-corrected chi connectivity index (χ2v) is 6.27. The number of carboxylic acid groups (broad SMARTS) is 1. The molecule has 0 aromatic heterocycles. The highest BCUT2D eigenvalue weighted by Gasteiger charge is 2.37. The first kappa shape index (κ1) is 16.7. The monoisotopic (exact) mass is 261 g/mol. The summed E-state index contributed by atoms with van der Waals surface area (Å²) in [4.78, 5) is 22.6. The highest BCUT2D eigenvalue weighted by atomic mass is 16.6. The van der Waals surface area contributed by atoms with Gasteiger partial charge in [-0.05, 0) is 26.2 Å². The fourth-order valence-corrected chi connectivity index (χ4v) is 1.21. The summed E-state index contributed by atoms with van der Waals surface area (Å²) in [7, 11) is 0. The Morgan fingerprint density at radius 3 is 1.83 bits per heavy atom. The summed E-state index contributed by atoms with van der Waals surface area (Å²) in [5.74, 6) is -1.30. The van der Waals surface area contributed by atoms with Gasteiger partial charge in [-0.25, -0.2) is 9.59 Å². The van der Waals surface area contributed by atoms with E-state index >= 15 is 0 Å². The number of rotatable bonds is 3. The lowest BCUT2D eigenvalue weighted by molar-refractivity contribution is -0.144. The molecule has 0 heterocycles. The molecule has 6 heteroatoms. The average Bonchev–Trinajstić information content (AvgIpc) is 2.08. The predicted octanol–water partition coefficient (Wildman–Crippen LogP) is 1.37. The quantitative estimate of drug-likeness (QED) is 0.713. The van der Waals surface area contributed by atoms with Crippen LogP contribution in [-0.4, -0.2) is 40.0 Å². The molecule has 0 radical (unpaired) electrons. The van der Waals surface area contributed by atoms with Crippen molar-refractivity contribution < 1.29 is 24.5 Å². The number of alkyl carbamates (subject to hydrolysis) is 1. The largest absolute Gasteiger partial charge is 0.480 e. The first-order valence-electron chi connectivity index (χ1n) is 5.75. The van der Waals surface area contributed by atoms with Gasteiger partial charge in [0, 0.05) is 0 Å². The predicted molar refractivity (Wildman–Crippen MR) is 66.3 cm³/mol. The lowest BCUT2D eigenvalue weighted by Gasteiger charge is -2.31. The summed E-state index contributed by atoms with van der Waals surface area (Å²) in [5.41, 5.74) is -1.39. The smallest absolute Gasteiger partial charge is 0.408 e. The summed E-state index contributed by atoms with van der Waals surface area (Å²) >= 11 is 0. The normalized spacial score (nSPS) is 15.7. The maximum Gasteiger partial charge on any atom is 0.408 e. The minimum Gasteiger partial charge on any atom is -0.480 e. The van der Waals surface area contributed by atoms with E-state index < -0.39 is 35.2 Å². The van der Waals surface area contributed by atoms with Crippen molar-refractivity contribution in [2.45, 2.75) is 59.3 Å². The van der Waals surface area contributed by atoms with Crippen LogP contribution in [0.25, 0.3) is 0 Å². The van der Waals surface area contributed by atoms with E-state index in [1.54, 1.807) is 41.5 Å². The molecular formula is C12H23NO5. The lowest BCUT2D eigenvalue weighted by atomic mass is 9.84. The van der Waals surface area contributed by atoms with Crippen LogP contribution in [0.5, 0.6) is 0 Å². The third kappa shape index (κ3) is 5.86. The van der Waals surface area contributed by atoms with Gasteiger partial charge in [-0.2, -0.15) is 0 Å². The topological polar surface area (TPSA) is 95.9 Å². The number of amides is 1. The van der Waals surface area contributed by atoms with Crippen LogP contribution >= 0.6 is 0 Å². The van der Waals surface area contributed by atoms with E-state index in [-0.39, 0.29) is 0 Å². The fraction of sp³-hybridized carbons (Fsp3) is 0.833. The van der Waals surface area contributed by atoms with Crippen molar-refractivity contribution in [3.63, 3.8) is 0 Å². The van der Waals surface area contributed by atoms with Gasteiger partial charge in [-0.1, -0.05) is 20.8 Å². The van der Waals surface area contributed by atoms with Crippen LogP contribution in [-0.2, 0) is 9.53 Å². The fourth-order valence-electron chi connectivity index (χ4n) is 1.21. The third-order valence-corrected chi connectivity index (χ3v) is 2.14. The molecule has 18 heavy (non-hydrogen) atoms. The Hall–Kier alpha value is -1.30. The summed E-state index contributed by atoms with van der Waals surface area (Å²) in [5, 5.41) is 21.1. The van der Waals surface area contributed by atoms with E-state index in [9.17, 15) is 14.7 Å². The van der Waals surface area contributed by atoms with Gasteiger partial charge >= 0.3 is 12.1 Å². The van der Waals surface area contributed by atoms with E-state index in [0.29, 0.717) is 0 Å². The maximum atomic E-state index is 11.5. The maximum absolute atomic E-state index is 11.5. The highest BCUT2D eigenvalue weighted by Crippen LogP contribution is 2.22. The molecule has 0 aliphatic heterocycles. The zero-order chi connectivity index (χ0) is 14.7. The van der Waals surface area contributed by atoms with Crippen molar-refractivity contribution in [3.05, 3.63) is 0 Å². The van der Waals surface area contributed by atoms with Crippen molar-refractivity contribution in [3.8, 4) is 0 Å². The van der Waals surface area contributed by atoms with Crippen LogP contribution in [0.4, 0.5) is 4.79 Å². The summed E-state index contributed by atoms with van der Waals surface area (Å²) < 4.78 is 4.96. The summed E-state index contributed by atoms with van der Waals surface area (Å²) in [6, 6.07) is -1.40. The molecule has 2 atom stereocenters. The van der Waals surface area contributed by atoms with Gasteiger partial charge in [-0.15, -0.1) is 0 Å². The Labute approximate surface area is 107 Å². The Balaban J connectivity index is 4.76. The zero-order valence-electron chi connectivity index (χ0n) is 11.8. The highest BCUT2D eigenvalue weighted by molar-refractivity contribution is 5.80. The standard InChI is InChI=1S/C12H23NO5/c1-11(2,3)8(14)7(9(15)16)13-10(17)18-12(4,5)6/h7-8,14H,1-6H3,(H,13,17)(H,15,16)/t7-,8-/m1/s1. The first-order valence-corrected chi connectivity index (χ1v) is 5.75. The SMILES string of the molecule is CC(C)(C)OC(=O)N[C@@H](C(=O)O)[C@@H](O)C(C)(C)C. The Bertz CT molecular complexity index is 313. The summed E-state index contributed by atoms with van der Waals surface area (Å²) in [6.07, 6.45) is -2.08. The molecule has 0 unspecified atom stereocenters. The third-order valence-electron chi connectivity index (χ3n) is 2.14. The number of aliphatic hydroxyl groups excluding tert-OH is 1. The van der Waals surface area contributed by atoms with Gasteiger partial charge in [0.05, 0.1) is 6.10 Å². The van der Waals surface area contributed by atoms with Crippen molar-refractivity contribution in [1.29, 1.82) is 0 Å². The van der Waals surface area contributed by atoms with Crippen LogP contribution in [0.3, 0.4) is 0 Å². The molecule has 106 valence electrons. The van der Waals surface area contributed by atoms with Gasteiger partial charge in [0.15, 0.2) is 6.04 Å². The minimum absolute atomic E-state index is 0.669. The number of ether oxygens (including phenoxy) is 1. The number of hydrogen-bond acceptors (Lipinski definition) is 4. The molecule has 6 nitrogen and oxygen atoms in total. The van der Waals surface area contributed by atoms with E-state index in [1.807, 2.05) is 0 Å². The van der Waals surface area contributed by atoms with Crippen molar-refractivity contribution in [2.24, 2.45) is 5.41 Å². The molecule has 1 amide bonds. The van der Waals surface area contributed by atoms with Gasteiger partial charge in [0.1, 0.15) is 5.60 Å². The molecule has 0 aromatic carbocycles. The molecule has 0 saturated carbocycles. The van der Waals surface area contributed by atoms with Crippen molar-refractivity contribution in [2.75, 3.05) is 0 Å². The molecule has 3 N–H and O–H groups in total. The van der Waals surface area contributed by atoms with Crippen LogP contribution < -0.4 is 5.32 Å². The van der Waals surface area contributed by atoms with Crippen LogP contribution in [0.2, 0.25) is 0 Å². The molecule has 0 fully saturated rings. The van der Waals surface area contributed by atoms with Crippen LogP contribution in [0.15, 0.2) is 0 Å². The number of aliphatic carboxylic acids is 1. The minimum atomic E-state index is -1.40. The number of carboxylic acids is 1. The molecular weight excluding hydrogens is 238 g/mol. The number of aliphatic hydroxyl groups is 1. The zero-order valence-corrected chi connectivity index (χ0v) is 11.8. The number of carbonyl (C=O) groups is 2. The molecule has 0 bridgehead atoms. The molecule has 0 saturated heterocycles. The molecule has 0 aliphatic carbocycles. The Kier molecular flexibility index (Phi) is 5.16.